The molecule has 2 heterocycles. The van der Waals surface area contributed by atoms with Crippen LogP contribution in [0.4, 0.5) is 0 Å². The molecule has 0 saturated heterocycles. The third kappa shape index (κ3) is 2.43. The molecular formula is C11H13NO3S2. The van der Waals surface area contributed by atoms with Gasteiger partial charge in [0.1, 0.15) is 10.7 Å². The fraction of sp³-hybridized carbons (Fsp3) is 0.273. The van der Waals surface area contributed by atoms with Crippen LogP contribution in [0.2, 0.25) is 0 Å². The summed E-state index contributed by atoms with van der Waals surface area (Å²) < 4.78 is 30.8. The largest absolute Gasteiger partial charge is 0.468 e. The molecule has 6 heteroatoms. The van der Waals surface area contributed by atoms with Gasteiger partial charge in [0.2, 0.25) is 10.0 Å². The lowest BCUT2D eigenvalue weighted by Gasteiger charge is -2.15. The number of aryl methyl sites for hydroxylation is 1. The lowest BCUT2D eigenvalue weighted by molar-refractivity contribution is 0.464. The van der Waals surface area contributed by atoms with Crippen LogP contribution >= 0.6 is 11.3 Å². The Morgan fingerprint density at radius 1 is 1.41 bits per heavy atom. The fourth-order valence-corrected chi connectivity index (χ4v) is 3.64. The molecule has 0 amide bonds. The Hall–Kier alpha value is -1.11. The highest BCUT2D eigenvalue weighted by atomic mass is 32.2. The summed E-state index contributed by atoms with van der Waals surface area (Å²) in [5.74, 6) is 0.419. The first-order valence-electron chi connectivity index (χ1n) is 5.04. The molecule has 4 nitrogen and oxygen atoms in total. The van der Waals surface area contributed by atoms with E-state index in [0.29, 0.717) is 12.3 Å². The molecule has 0 spiro atoms. The minimum absolute atomic E-state index is 0.233. The van der Waals surface area contributed by atoms with Crippen LogP contribution in [0.15, 0.2) is 39.2 Å². The summed E-state index contributed by atoms with van der Waals surface area (Å²) in [6.07, 6.45) is 1.39. The Balaban J connectivity index is 2.25. The zero-order valence-electron chi connectivity index (χ0n) is 9.58. The van der Waals surface area contributed by atoms with E-state index in [-0.39, 0.29) is 4.90 Å². The second-order valence-corrected chi connectivity index (χ2v) is 6.73. The number of thiophene rings is 1. The molecule has 2 aromatic heterocycles. The number of furan rings is 1. The van der Waals surface area contributed by atoms with Gasteiger partial charge in [-0.05, 0) is 24.4 Å². The smallest absolute Gasteiger partial charge is 0.246 e. The predicted octanol–water partition coefficient (Wildman–Crippen LogP) is 2.47. The maximum absolute atomic E-state index is 12.2. The molecule has 0 N–H and O–H groups in total. The third-order valence-electron chi connectivity index (χ3n) is 2.46. The van der Waals surface area contributed by atoms with Gasteiger partial charge in [-0.15, -0.1) is 11.3 Å². The molecule has 0 bridgehead atoms. The predicted molar refractivity (Wildman–Crippen MR) is 66.4 cm³/mol. The number of nitrogens with zero attached hydrogens (tertiary/aromatic N) is 1. The number of rotatable bonds is 4. The van der Waals surface area contributed by atoms with Gasteiger partial charge in [0.05, 0.1) is 6.26 Å². The molecular weight excluding hydrogens is 258 g/mol. The average molecular weight is 271 g/mol. The Morgan fingerprint density at radius 2 is 2.18 bits per heavy atom. The van der Waals surface area contributed by atoms with Crippen molar-refractivity contribution in [3.8, 4) is 0 Å². The Morgan fingerprint density at radius 3 is 2.71 bits per heavy atom. The maximum atomic E-state index is 12.2. The second kappa shape index (κ2) is 4.64. The first kappa shape index (κ1) is 12.3. The minimum atomic E-state index is -3.46. The molecule has 17 heavy (non-hydrogen) atoms. The van der Waals surface area contributed by atoms with Crippen LogP contribution in [0.1, 0.15) is 10.6 Å². The maximum Gasteiger partial charge on any atom is 0.246 e. The molecule has 0 aliphatic rings. The topological polar surface area (TPSA) is 50.5 Å². The molecule has 0 aliphatic heterocycles. The van der Waals surface area contributed by atoms with Crippen molar-refractivity contribution in [2.45, 2.75) is 18.4 Å². The van der Waals surface area contributed by atoms with Crippen LogP contribution < -0.4 is 0 Å². The molecule has 0 atom stereocenters. The average Bonchev–Trinajstić information content (AvgIpc) is 2.89. The summed E-state index contributed by atoms with van der Waals surface area (Å²) in [5.41, 5.74) is 0. The SMILES string of the molecule is Cc1occc1S(=O)(=O)N(C)Cc1cccs1. The van der Waals surface area contributed by atoms with Gasteiger partial charge in [0, 0.05) is 18.5 Å². The summed E-state index contributed by atoms with van der Waals surface area (Å²) in [5, 5.41) is 1.93. The van der Waals surface area contributed by atoms with Gasteiger partial charge in [0.25, 0.3) is 0 Å². The molecule has 0 aromatic carbocycles. The summed E-state index contributed by atoms with van der Waals surface area (Å²) in [7, 11) is -1.89. The van der Waals surface area contributed by atoms with Crippen LogP contribution in [0.25, 0.3) is 0 Å². The van der Waals surface area contributed by atoms with Crippen LogP contribution in [-0.2, 0) is 16.6 Å². The van der Waals surface area contributed by atoms with E-state index >= 15 is 0 Å². The Labute approximate surface area is 105 Å². The quantitative estimate of drug-likeness (QED) is 0.858. The molecule has 0 saturated carbocycles. The van der Waals surface area contributed by atoms with Gasteiger partial charge in [0.15, 0.2) is 0 Å². The van der Waals surface area contributed by atoms with Gasteiger partial charge in [-0.25, -0.2) is 8.42 Å². The van der Waals surface area contributed by atoms with Crippen molar-refractivity contribution in [2.24, 2.45) is 0 Å². The van der Waals surface area contributed by atoms with Crippen molar-refractivity contribution in [1.82, 2.24) is 4.31 Å². The van der Waals surface area contributed by atoms with E-state index < -0.39 is 10.0 Å². The summed E-state index contributed by atoms with van der Waals surface area (Å²) in [4.78, 5) is 1.24. The van der Waals surface area contributed by atoms with Crippen molar-refractivity contribution in [3.05, 3.63) is 40.5 Å². The first-order chi connectivity index (χ1) is 8.01. The van der Waals surface area contributed by atoms with Crippen molar-refractivity contribution in [3.63, 3.8) is 0 Å². The monoisotopic (exact) mass is 271 g/mol. The lowest BCUT2D eigenvalue weighted by atomic mass is 10.5. The highest BCUT2D eigenvalue weighted by Crippen LogP contribution is 2.22. The summed E-state index contributed by atoms with van der Waals surface area (Å²) in [6, 6.07) is 5.30. The zero-order chi connectivity index (χ0) is 12.5. The minimum Gasteiger partial charge on any atom is -0.468 e. The van der Waals surface area contributed by atoms with Crippen LogP contribution in [0.5, 0.6) is 0 Å². The van der Waals surface area contributed by atoms with Gasteiger partial charge < -0.3 is 4.42 Å². The van der Waals surface area contributed by atoms with Gasteiger partial charge >= 0.3 is 0 Å². The first-order valence-corrected chi connectivity index (χ1v) is 7.36. The van der Waals surface area contributed by atoms with Crippen molar-refractivity contribution in [1.29, 1.82) is 0 Å². The van der Waals surface area contributed by atoms with Crippen LogP contribution in [0.3, 0.4) is 0 Å². The molecule has 0 radical (unpaired) electrons. The van der Waals surface area contributed by atoms with Gasteiger partial charge in [-0.3, -0.25) is 0 Å². The molecule has 92 valence electrons. The Bertz CT molecular complexity index is 584. The van der Waals surface area contributed by atoms with Crippen molar-refractivity contribution < 1.29 is 12.8 Å². The second-order valence-electron chi connectivity index (χ2n) is 3.68. The van der Waals surface area contributed by atoms with Crippen LogP contribution in [0, 0.1) is 6.92 Å². The van der Waals surface area contributed by atoms with Crippen molar-refractivity contribution >= 4 is 21.4 Å². The standard InChI is InChI=1S/C11H13NO3S2/c1-9-11(5-6-15-9)17(13,14)12(2)8-10-4-3-7-16-10/h3-7H,8H2,1-2H3. The van der Waals surface area contributed by atoms with E-state index in [4.69, 9.17) is 4.42 Å². The van der Waals surface area contributed by atoms with E-state index in [2.05, 4.69) is 0 Å². The third-order valence-corrected chi connectivity index (χ3v) is 5.25. The molecule has 0 unspecified atom stereocenters. The highest BCUT2D eigenvalue weighted by Gasteiger charge is 2.24. The zero-order valence-corrected chi connectivity index (χ0v) is 11.2. The van der Waals surface area contributed by atoms with E-state index in [1.807, 2.05) is 17.5 Å². The molecule has 0 fully saturated rings. The molecule has 0 aliphatic carbocycles. The highest BCUT2D eigenvalue weighted by molar-refractivity contribution is 7.89. The summed E-state index contributed by atoms with van der Waals surface area (Å²) in [6.45, 7) is 2.02. The number of hydrogen-bond donors (Lipinski definition) is 0. The normalized spacial score (nSPS) is 12.2. The van der Waals surface area contributed by atoms with Crippen molar-refractivity contribution in [2.75, 3.05) is 7.05 Å². The number of hydrogen-bond acceptors (Lipinski definition) is 4. The van der Waals surface area contributed by atoms with E-state index in [9.17, 15) is 8.42 Å². The molecule has 2 aromatic rings. The van der Waals surface area contributed by atoms with Crippen LogP contribution in [-0.4, -0.2) is 19.8 Å². The molecule has 2 rings (SSSR count). The Kier molecular flexibility index (Phi) is 3.37. The van der Waals surface area contributed by atoms with E-state index in [1.165, 1.54) is 28.0 Å². The summed E-state index contributed by atoms with van der Waals surface area (Å²) >= 11 is 1.54. The fourth-order valence-electron chi connectivity index (χ4n) is 1.52. The van der Waals surface area contributed by atoms with Gasteiger partial charge in [-0.2, -0.15) is 4.31 Å². The van der Waals surface area contributed by atoms with E-state index in [0.717, 1.165) is 4.88 Å². The van der Waals surface area contributed by atoms with Gasteiger partial charge in [-0.1, -0.05) is 6.07 Å². The lowest BCUT2D eigenvalue weighted by Crippen LogP contribution is -2.26. The van der Waals surface area contributed by atoms with E-state index in [1.54, 1.807) is 14.0 Å². The number of sulfonamides is 1.